The molecule has 2 aromatic rings. The highest BCUT2D eigenvalue weighted by molar-refractivity contribution is 6.09. The van der Waals surface area contributed by atoms with Crippen molar-refractivity contribution in [3.8, 4) is 11.8 Å². The zero-order valence-corrected chi connectivity index (χ0v) is 8.79. The number of hydrogen-bond donors (Lipinski definition) is 1. The van der Waals surface area contributed by atoms with Crippen molar-refractivity contribution < 1.29 is 9.90 Å². The Morgan fingerprint density at radius 2 is 1.88 bits per heavy atom. The fourth-order valence-corrected chi connectivity index (χ4v) is 1.44. The fourth-order valence-electron chi connectivity index (χ4n) is 1.44. The molecule has 0 amide bonds. The Morgan fingerprint density at radius 1 is 1.18 bits per heavy atom. The van der Waals surface area contributed by atoms with Gasteiger partial charge in [0.15, 0.2) is 5.78 Å². The van der Waals surface area contributed by atoms with Gasteiger partial charge in [-0.3, -0.25) is 9.78 Å². The Balaban J connectivity index is 2.43. The SMILES string of the molecule is N#Cc1cc(C(=O)c2ccncc2)ccc1O. The lowest BCUT2D eigenvalue weighted by molar-refractivity contribution is 0.103. The summed E-state index contributed by atoms with van der Waals surface area (Å²) in [6.45, 7) is 0. The molecule has 1 aromatic carbocycles. The van der Waals surface area contributed by atoms with Gasteiger partial charge in [-0.15, -0.1) is 0 Å². The first-order chi connectivity index (χ1) is 8.22. The van der Waals surface area contributed by atoms with Gasteiger partial charge in [-0.1, -0.05) is 0 Å². The molecule has 0 saturated carbocycles. The Kier molecular flexibility index (Phi) is 2.84. The number of hydrogen-bond acceptors (Lipinski definition) is 4. The lowest BCUT2D eigenvalue weighted by Crippen LogP contribution is -2.01. The van der Waals surface area contributed by atoms with Gasteiger partial charge >= 0.3 is 0 Å². The number of phenols is 1. The van der Waals surface area contributed by atoms with Crippen LogP contribution in [-0.4, -0.2) is 15.9 Å². The van der Waals surface area contributed by atoms with E-state index in [9.17, 15) is 9.90 Å². The fraction of sp³-hybridized carbons (Fsp3) is 0. The Labute approximate surface area is 97.8 Å². The standard InChI is InChI=1S/C13H8N2O2/c14-8-11-7-10(1-2-12(11)16)13(17)9-3-5-15-6-4-9/h1-7,16H. The molecule has 0 atom stereocenters. The number of carbonyl (C=O) groups is 1. The molecule has 0 aliphatic heterocycles. The molecule has 4 heteroatoms. The number of phenolic OH excluding ortho intramolecular Hbond substituents is 1. The monoisotopic (exact) mass is 224 g/mol. The summed E-state index contributed by atoms with van der Waals surface area (Å²) in [7, 11) is 0. The van der Waals surface area contributed by atoms with Crippen LogP contribution < -0.4 is 0 Å². The summed E-state index contributed by atoms with van der Waals surface area (Å²) in [6.07, 6.45) is 3.05. The van der Waals surface area contributed by atoms with E-state index in [4.69, 9.17) is 5.26 Å². The van der Waals surface area contributed by atoms with Crippen LogP contribution in [0, 0.1) is 11.3 Å². The van der Waals surface area contributed by atoms with Gasteiger partial charge in [-0.25, -0.2) is 0 Å². The molecule has 1 heterocycles. The van der Waals surface area contributed by atoms with E-state index in [2.05, 4.69) is 4.98 Å². The van der Waals surface area contributed by atoms with Crippen LogP contribution in [0.3, 0.4) is 0 Å². The molecule has 0 bridgehead atoms. The number of pyridine rings is 1. The number of benzene rings is 1. The van der Waals surface area contributed by atoms with Gasteiger partial charge in [-0.05, 0) is 30.3 Å². The third-order valence-corrected chi connectivity index (χ3v) is 2.32. The number of nitrogens with zero attached hydrogens (tertiary/aromatic N) is 2. The normalized spacial score (nSPS) is 9.59. The predicted molar refractivity (Wildman–Crippen MR) is 60.5 cm³/mol. The average Bonchev–Trinajstić information content (AvgIpc) is 2.39. The summed E-state index contributed by atoms with van der Waals surface area (Å²) in [5, 5.41) is 18.1. The van der Waals surface area contributed by atoms with Crippen LogP contribution in [0.4, 0.5) is 0 Å². The van der Waals surface area contributed by atoms with Crippen molar-refractivity contribution in [3.63, 3.8) is 0 Å². The second-order valence-electron chi connectivity index (χ2n) is 3.41. The van der Waals surface area contributed by atoms with Crippen molar-refractivity contribution in [2.24, 2.45) is 0 Å². The van der Waals surface area contributed by atoms with E-state index in [1.54, 1.807) is 12.1 Å². The van der Waals surface area contributed by atoms with E-state index in [1.807, 2.05) is 6.07 Å². The summed E-state index contributed by atoms with van der Waals surface area (Å²) in [6, 6.07) is 9.22. The third-order valence-electron chi connectivity index (χ3n) is 2.32. The van der Waals surface area contributed by atoms with E-state index in [0.29, 0.717) is 11.1 Å². The summed E-state index contributed by atoms with van der Waals surface area (Å²) < 4.78 is 0. The van der Waals surface area contributed by atoms with Gasteiger partial charge < -0.3 is 5.11 Å². The van der Waals surface area contributed by atoms with Crippen molar-refractivity contribution >= 4 is 5.78 Å². The molecule has 2 rings (SSSR count). The van der Waals surface area contributed by atoms with Crippen LogP contribution in [0.5, 0.6) is 5.75 Å². The highest BCUT2D eigenvalue weighted by atomic mass is 16.3. The van der Waals surface area contributed by atoms with Crippen molar-refractivity contribution in [3.05, 3.63) is 59.4 Å². The topological polar surface area (TPSA) is 74.0 Å². The van der Waals surface area contributed by atoms with Crippen LogP contribution in [0.1, 0.15) is 21.5 Å². The smallest absolute Gasteiger partial charge is 0.193 e. The molecule has 0 aliphatic rings. The molecular weight excluding hydrogens is 216 g/mol. The molecule has 0 aliphatic carbocycles. The molecule has 4 nitrogen and oxygen atoms in total. The molecule has 0 fully saturated rings. The molecule has 82 valence electrons. The minimum absolute atomic E-state index is 0.0879. The van der Waals surface area contributed by atoms with Gasteiger partial charge in [0.2, 0.25) is 0 Å². The first-order valence-electron chi connectivity index (χ1n) is 4.90. The number of carbonyl (C=O) groups excluding carboxylic acids is 1. The Bertz CT molecular complexity index is 601. The lowest BCUT2D eigenvalue weighted by atomic mass is 10.0. The quantitative estimate of drug-likeness (QED) is 0.790. The van der Waals surface area contributed by atoms with E-state index in [1.165, 1.54) is 30.6 Å². The summed E-state index contributed by atoms with van der Waals surface area (Å²) >= 11 is 0. The molecule has 0 unspecified atom stereocenters. The maximum atomic E-state index is 12.0. The molecule has 1 N–H and O–H groups in total. The van der Waals surface area contributed by atoms with Gasteiger partial charge in [0.05, 0.1) is 5.56 Å². The Hall–Kier alpha value is -2.67. The summed E-state index contributed by atoms with van der Waals surface area (Å²) in [5.41, 5.74) is 0.949. The number of ketones is 1. The zero-order chi connectivity index (χ0) is 12.3. The lowest BCUT2D eigenvalue weighted by Gasteiger charge is -2.02. The van der Waals surface area contributed by atoms with Crippen LogP contribution in [0.25, 0.3) is 0 Å². The molecule has 0 spiro atoms. The van der Waals surface area contributed by atoms with Crippen LogP contribution in [-0.2, 0) is 0 Å². The van der Waals surface area contributed by atoms with Gasteiger partial charge in [0.1, 0.15) is 11.8 Å². The highest BCUT2D eigenvalue weighted by Gasteiger charge is 2.11. The second kappa shape index (κ2) is 4.45. The molecule has 1 aromatic heterocycles. The number of rotatable bonds is 2. The maximum Gasteiger partial charge on any atom is 0.193 e. The third kappa shape index (κ3) is 2.13. The van der Waals surface area contributed by atoms with E-state index < -0.39 is 0 Å². The Morgan fingerprint density at radius 3 is 2.53 bits per heavy atom. The summed E-state index contributed by atoms with van der Waals surface area (Å²) in [4.78, 5) is 15.8. The van der Waals surface area contributed by atoms with Crippen LogP contribution in [0.2, 0.25) is 0 Å². The predicted octanol–water partition coefficient (Wildman–Crippen LogP) is 1.89. The molecule has 17 heavy (non-hydrogen) atoms. The molecule has 0 saturated heterocycles. The second-order valence-corrected chi connectivity index (χ2v) is 3.41. The minimum Gasteiger partial charge on any atom is -0.507 e. The minimum atomic E-state index is -0.205. The molecular formula is C13H8N2O2. The van der Waals surface area contributed by atoms with E-state index >= 15 is 0 Å². The van der Waals surface area contributed by atoms with Crippen molar-refractivity contribution in [2.75, 3.05) is 0 Å². The number of aromatic hydroxyl groups is 1. The highest BCUT2D eigenvalue weighted by Crippen LogP contribution is 2.19. The first-order valence-corrected chi connectivity index (χ1v) is 4.90. The number of aromatic nitrogens is 1. The van der Waals surface area contributed by atoms with Crippen molar-refractivity contribution in [1.82, 2.24) is 4.98 Å². The maximum absolute atomic E-state index is 12.0. The summed E-state index contributed by atoms with van der Waals surface area (Å²) in [5.74, 6) is -0.331. The van der Waals surface area contributed by atoms with Crippen molar-refractivity contribution in [1.29, 1.82) is 5.26 Å². The molecule has 0 radical (unpaired) electrons. The van der Waals surface area contributed by atoms with Crippen LogP contribution >= 0.6 is 0 Å². The number of nitriles is 1. The van der Waals surface area contributed by atoms with Crippen LogP contribution in [0.15, 0.2) is 42.7 Å². The van der Waals surface area contributed by atoms with Gasteiger partial charge in [0, 0.05) is 23.5 Å². The largest absolute Gasteiger partial charge is 0.507 e. The van der Waals surface area contributed by atoms with Gasteiger partial charge in [-0.2, -0.15) is 5.26 Å². The zero-order valence-electron chi connectivity index (χ0n) is 8.79. The average molecular weight is 224 g/mol. The van der Waals surface area contributed by atoms with Crippen molar-refractivity contribution in [2.45, 2.75) is 0 Å². The van der Waals surface area contributed by atoms with Gasteiger partial charge in [0.25, 0.3) is 0 Å². The first kappa shape index (κ1) is 10.8. The van der Waals surface area contributed by atoms with E-state index in [0.717, 1.165) is 0 Å². The van der Waals surface area contributed by atoms with E-state index in [-0.39, 0.29) is 17.1 Å².